The lowest BCUT2D eigenvalue weighted by atomic mass is 10.1. The summed E-state index contributed by atoms with van der Waals surface area (Å²) in [5.74, 6) is 1.53. The maximum Gasteiger partial charge on any atom is 0.182 e. The molecule has 18 heavy (non-hydrogen) atoms. The minimum absolute atomic E-state index is 0.733. The Morgan fingerprint density at radius 2 is 2.22 bits per heavy atom. The maximum atomic E-state index is 5.98. The van der Waals surface area contributed by atoms with E-state index in [1.807, 2.05) is 23.7 Å². The highest BCUT2D eigenvalue weighted by Crippen LogP contribution is 2.33. The molecular weight excluding hydrogens is 294 g/mol. The Morgan fingerprint density at radius 1 is 1.44 bits per heavy atom. The van der Waals surface area contributed by atoms with E-state index >= 15 is 0 Å². The van der Waals surface area contributed by atoms with Crippen LogP contribution in [0.1, 0.15) is 18.4 Å². The third-order valence-electron chi connectivity index (χ3n) is 3.31. The minimum Gasteiger partial charge on any atom is -0.398 e. The quantitative estimate of drug-likeness (QED) is 0.884. The fourth-order valence-electron chi connectivity index (χ4n) is 2.00. The minimum atomic E-state index is 0.733. The average molecular weight is 308 g/mol. The highest BCUT2D eigenvalue weighted by molar-refractivity contribution is 9.10. The molecule has 5 nitrogen and oxygen atoms in total. The van der Waals surface area contributed by atoms with Gasteiger partial charge in [0.25, 0.3) is 0 Å². The van der Waals surface area contributed by atoms with Crippen LogP contribution < -0.4 is 5.73 Å². The summed E-state index contributed by atoms with van der Waals surface area (Å²) in [6.45, 7) is 2.89. The highest BCUT2D eigenvalue weighted by Gasteiger charge is 2.24. The van der Waals surface area contributed by atoms with Gasteiger partial charge in [0.15, 0.2) is 5.82 Å². The van der Waals surface area contributed by atoms with E-state index in [-0.39, 0.29) is 0 Å². The summed E-state index contributed by atoms with van der Waals surface area (Å²) < 4.78 is 2.83. The van der Waals surface area contributed by atoms with E-state index in [4.69, 9.17) is 5.73 Å². The van der Waals surface area contributed by atoms with Gasteiger partial charge in [-0.05, 0) is 53.8 Å². The van der Waals surface area contributed by atoms with Gasteiger partial charge in [0.2, 0.25) is 0 Å². The van der Waals surface area contributed by atoms with Crippen molar-refractivity contribution in [2.45, 2.75) is 26.3 Å². The van der Waals surface area contributed by atoms with Gasteiger partial charge in [-0.25, -0.2) is 4.68 Å². The normalized spacial score (nSPS) is 15.0. The number of nitrogen functional groups attached to an aromatic ring is 1. The molecule has 1 aromatic carbocycles. The van der Waals surface area contributed by atoms with Crippen molar-refractivity contribution in [3.8, 4) is 11.4 Å². The third-order valence-corrected chi connectivity index (χ3v) is 3.77. The van der Waals surface area contributed by atoms with Crippen molar-refractivity contribution in [2.75, 3.05) is 5.73 Å². The van der Waals surface area contributed by atoms with Crippen molar-refractivity contribution in [3.05, 3.63) is 22.2 Å². The van der Waals surface area contributed by atoms with Gasteiger partial charge in [-0.2, -0.15) is 0 Å². The molecule has 2 N–H and O–H groups in total. The number of rotatable bonds is 3. The first-order chi connectivity index (χ1) is 8.65. The van der Waals surface area contributed by atoms with E-state index in [9.17, 15) is 0 Å². The number of nitrogens with zero attached hydrogens (tertiary/aromatic N) is 4. The molecule has 0 aliphatic heterocycles. The number of hydrogen-bond acceptors (Lipinski definition) is 4. The maximum absolute atomic E-state index is 5.98. The first-order valence-corrected chi connectivity index (χ1v) is 6.76. The number of anilines is 1. The molecule has 3 rings (SSSR count). The Balaban J connectivity index is 2.06. The molecule has 6 heteroatoms. The zero-order valence-corrected chi connectivity index (χ0v) is 11.7. The molecule has 1 aromatic heterocycles. The zero-order valence-electron chi connectivity index (χ0n) is 10.1. The van der Waals surface area contributed by atoms with Crippen molar-refractivity contribution in [3.63, 3.8) is 0 Å². The topological polar surface area (TPSA) is 69.6 Å². The Hall–Kier alpha value is -1.43. The molecule has 1 heterocycles. The lowest BCUT2D eigenvalue weighted by Crippen LogP contribution is -2.06. The molecule has 2 aromatic rings. The molecular formula is C12H14BrN5. The molecule has 1 fully saturated rings. The molecule has 0 bridgehead atoms. The van der Waals surface area contributed by atoms with Crippen LogP contribution in [0.3, 0.4) is 0 Å². The van der Waals surface area contributed by atoms with Crippen LogP contribution in [0.25, 0.3) is 11.4 Å². The molecule has 1 aliphatic carbocycles. The Labute approximate surface area is 113 Å². The van der Waals surface area contributed by atoms with Gasteiger partial charge < -0.3 is 5.73 Å². The zero-order chi connectivity index (χ0) is 12.7. The van der Waals surface area contributed by atoms with Crippen molar-refractivity contribution in [1.29, 1.82) is 0 Å². The van der Waals surface area contributed by atoms with E-state index < -0.39 is 0 Å². The highest BCUT2D eigenvalue weighted by atomic mass is 79.9. The third kappa shape index (κ3) is 2.12. The standard InChI is InChI=1S/C12H14BrN5/c1-7-10(4-9(13)5-11(7)14)12-15-16-17-18(12)6-8-2-3-8/h4-5,8H,2-3,6,14H2,1H3. The van der Waals surface area contributed by atoms with Gasteiger partial charge in [0.05, 0.1) is 0 Å². The second kappa shape index (κ2) is 4.35. The Kier molecular flexibility index (Phi) is 2.81. The summed E-state index contributed by atoms with van der Waals surface area (Å²) in [6, 6.07) is 3.91. The molecule has 0 spiro atoms. The van der Waals surface area contributed by atoms with Gasteiger partial charge in [0.1, 0.15) is 0 Å². The molecule has 1 aliphatic rings. The second-order valence-electron chi connectivity index (χ2n) is 4.80. The average Bonchev–Trinajstić information content (AvgIpc) is 3.01. The van der Waals surface area contributed by atoms with Gasteiger partial charge >= 0.3 is 0 Å². The van der Waals surface area contributed by atoms with Crippen LogP contribution in [0, 0.1) is 12.8 Å². The van der Waals surface area contributed by atoms with E-state index in [1.54, 1.807) is 0 Å². The molecule has 0 radical (unpaired) electrons. The molecule has 0 saturated heterocycles. The summed E-state index contributed by atoms with van der Waals surface area (Å²) in [7, 11) is 0. The fraction of sp³-hybridized carbons (Fsp3) is 0.417. The van der Waals surface area contributed by atoms with Gasteiger partial charge in [-0.3, -0.25) is 0 Å². The molecule has 94 valence electrons. The first kappa shape index (κ1) is 11.6. The van der Waals surface area contributed by atoms with Crippen LogP contribution in [-0.4, -0.2) is 20.2 Å². The van der Waals surface area contributed by atoms with Crippen LogP contribution in [-0.2, 0) is 6.54 Å². The SMILES string of the molecule is Cc1c(N)cc(Br)cc1-c1nnnn1CC1CC1. The molecule has 0 unspecified atom stereocenters. The Morgan fingerprint density at radius 3 is 2.94 bits per heavy atom. The van der Waals surface area contributed by atoms with Gasteiger partial charge in [0, 0.05) is 22.3 Å². The molecule has 0 atom stereocenters. The Bertz CT molecular complexity index is 588. The first-order valence-electron chi connectivity index (χ1n) is 5.97. The number of hydrogen-bond donors (Lipinski definition) is 1. The number of tetrazole rings is 1. The largest absolute Gasteiger partial charge is 0.398 e. The van der Waals surface area contributed by atoms with Gasteiger partial charge in [-0.1, -0.05) is 15.9 Å². The van der Waals surface area contributed by atoms with Crippen LogP contribution in [0.2, 0.25) is 0 Å². The number of nitrogens with two attached hydrogens (primary N) is 1. The van der Waals surface area contributed by atoms with Crippen molar-refractivity contribution < 1.29 is 0 Å². The van der Waals surface area contributed by atoms with Crippen LogP contribution in [0.15, 0.2) is 16.6 Å². The summed E-state index contributed by atoms with van der Waals surface area (Å²) in [4.78, 5) is 0. The van der Waals surface area contributed by atoms with Crippen LogP contribution >= 0.6 is 15.9 Å². The summed E-state index contributed by atoms with van der Waals surface area (Å²) in [5, 5.41) is 12.0. The van der Waals surface area contributed by atoms with Gasteiger partial charge in [-0.15, -0.1) is 5.10 Å². The van der Waals surface area contributed by atoms with Crippen LogP contribution in [0.5, 0.6) is 0 Å². The van der Waals surface area contributed by atoms with E-state index in [0.717, 1.165) is 39.6 Å². The lowest BCUT2D eigenvalue weighted by molar-refractivity contribution is 0.548. The van der Waals surface area contributed by atoms with E-state index in [2.05, 4.69) is 31.5 Å². The van der Waals surface area contributed by atoms with E-state index in [1.165, 1.54) is 12.8 Å². The second-order valence-corrected chi connectivity index (χ2v) is 5.71. The molecule has 0 amide bonds. The lowest BCUT2D eigenvalue weighted by Gasteiger charge is -2.09. The summed E-state index contributed by atoms with van der Waals surface area (Å²) in [6.07, 6.45) is 2.55. The van der Waals surface area contributed by atoms with Crippen LogP contribution in [0.4, 0.5) is 5.69 Å². The molecule has 1 saturated carbocycles. The predicted molar refractivity (Wildman–Crippen MR) is 72.8 cm³/mol. The number of halogens is 1. The van der Waals surface area contributed by atoms with E-state index in [0.29, 0.717) is 0 Å². The monoisotopic (exact) mass is 307 g/mol. The number of benzene rings is 1. The fourth-order valence-corrected chi connectivity index (χ4v) is 2.47. The summed E-state index contributed by atoms with van der Waals surface area (Å²) in [5.41, 5.74) is 8.75. The predicted octanol–water partition coefficient (Wildman–Crippen LogP) is 2.40. The summed E-state index contributed by atoms with van der Waals surface area (Å²) >= 11 is 3.46. The smallest absolute Gasteiger partial charge is 0.182 e. The van der Waals surface area contributed by atoms with Crippen molar-refractivity contribution >= 4 is 21.6 Å². The van der Waals surface area contributed by atoms with Crippen molar-refractivity contribution in [2.24, 2.45) is 5.92 Å². The number of aromatic nitrogens is 4. The van der Waals surface area contributed by atoms with Crippen molar-refractivity contribution in [1.82, 2.24) is 20.2 Å².